The van der Waals surface area contributed by atoms with Crippen LogP contribution in [0.1, 0.15) is 5.56 Å². The average molecular weight is 210 g/mol. The minimum absolute atomic E-state index is 0.283. The molecule has 0 aromatic heterocycles. The van der Waals surface area contributed by atoms with Crippen molar-refractivity contribution in [3.63, 3.8) is 0 Å². The number of primary amides is 1. The summed E-state index contributed by atoms with van der Waals surface area (Å²) in [6.07, 6.45) is 0. The van der Waals surface area contributed by atoms with Crippen LogP contribution in [0, 0.1) is 0 Å². The number of carbonyl (C=O) groups is 1. The summed E-state index contributed by atoms with van der Waals surface area (Å²) >= 11 is 1.46. The van der Waals surface area contributed by atoms with Gasteiger partial charge in [-0.1, -0.05) is 12.1 Å². The highest BCUT2D eigenvalue weighted by Gasteiger charge is 1.97. The lowest BCUT2D eigenvalue weighted by molar-refractivity contribution is -0.115. The summed E-state index contributed by atoms with van der Waals surface area (Å²) in [5.74, 6) is 0.0556. The van der Waals surface area contributed by atoms with E-state index < -0.39 is 0 Å². The van der Waals surface area contributed by atoms with Crippen LogP contribution in [0.2, 0.25) is 0 Å². The molecular weight excluding hydrogens is 196 g/mol. The third-order valence-electron chi connectivity index (χ3n) is 1.69. The molecule has 0 bridgehead atoms. The van der Waals surface area contributed by atoms with E-state index in [4.69, 9.17) is 5.73 Å². The molecule has 0 aliphatic rings. The van der Waals surface area contributed by atoms with E-state index in [2.05, 4.69) is 5.32 Å². The lowest BCUT2D eigenvalue weighted by Crippen LogP contribution is -2.12. The SMILES string of the molecule is CNCc1ccc(SCC(N)=O)cc1. The topological polar surface area (TPSA) is 55.1 Å². The van der Waals surface area contributed by atoms with Crippen molar-refractivity contribution in [3.05, 3.63) is 29.8 Å². The summed E-state index contributed by atoms with van der Waals surface area (Å²) in [5, 5.41) is 3.07. The maximum absolute atomic E-state index is 10.5. The van der Waals surface area contributed by atoms with Crippen LogP contribution in [0.15, 0.2) is 29.2 Å². The summed E-state index contributed by atoms with van der Waals surface area (Å²) in [6.45, 7) is 0.862. The largest absolute Gasteiger partial charge is 0.369 e. The molecule has 1 aromatic rings. The molecule has 0 spiro atoms. The second-order valence-electron chi connectivity index (χ2n) is 2.93. The number of amides is 1. The smallest absolute Gasteiger partial charge is 0.227 e. The zero-order valence-electron chi connectivity index (χ0n) is 8.12. The molecule has 0 unspecified atom stereocenters. The summed E-state index contributed by atoms with van der Waals surface area (Å²) in [5.41, 5.74) is 6.28. The van der Waals surface area contributed by atoms with E-state index in [1.165, 1.54) is 17.3 Å². The van der Waals surface area contributed by atoms with Crippen molar-refractivity contribution in [1.82, 2.24) is 5.32 Å². The van der Waals surface area contributed by atoms with Crippen molar-refractivity contribution in [2.24, 2.45) is 5.73 Å². The van der Waals surface area contributed by atoms with Crippen molar-refractivity contribution in [3.8, 4) is 0 Å². The quantitative estimate of drug-likeness (QED) is 0.712. The van der Waals surface area contributed by atoms with Gasteiger partial charge in [0.05, 0.1) is 5.75 Å². The Kier molecular flexibility index (Phi) is 4.49. The lowest BCUT2D eigenvalue weighted by atomic mass is 10.2. The molecule has 0 heterocycles. The van der Waals surface area contributed by atoms with Crippen molar-refractivity contribution >= 4 is 17.7 Å². The Morgan fingerprint density at radius 2 is 2.07 bits per heavy atom. The maximum Gasteiger partial charge on any atom is 0.227 e. The molecule has 0 fully saturated rings. The molecule has 4 heteroatoms. The van der Waals surface area contributed by atoms with Crippen molar-refractivity contribution in [2.75, 3.05) is 12.8 Å². The third kappa shape index (κ3) is 3.81. The monoisotopic (exact) mass is 210 g/mol. The molecule has 1 rings (SSSR count). The summed E-state index contributed by atoms with van der Waals surface area (Å²) in [6, 6.07) is 8.08. The lowest BCUT2D eigenvalue weighted by Gasteiger charge is -2.02. The Morgan fingerprint density at radius 3 is 2.57 bits per heavy atom. The molecule has 0 saturated heterocycles. The van der Waals surface area contributed by atoms with Crippen molar-refractivity contribution in [2.45, 2.75) is 11.4 Å². The molecule has 76 valence electrons. The first-order valence-electron chi connectivity index (χ1n) is 4.37. The van der Waals surface area contributed by atoms with Crippen LogP contribution >= 0.6 is 11.8 Å². The van der Waals surface area contributed by atoms with Crippen LogP contribution in [0.4, 0.5) is 0 Å². The van der Waals surface area contributed by atoms with Crippen LogP contribution in [0.3, 0.4) is 0 Å². The van der Waals surface area contributed by atoms with E-state index in [9.17, 15) is 4.79 Å². The van der Waals surface area contributed by atoms with Gasteiger partial charge in [-0.15, -0.1) is 11.8 Å². The highest BCUT2D eigenvalue weighted by molar-refractivity contribution is 8.00. The highest BCUT2D eigenvalue weighted by Crippen LogP contribution is 2.17. The van der Waals surface area contributed by atoms with Gasteiger partial charge >= 0.3 is 0 Å². The van der Waals surface area contributed by atoms with Gasteiger partial charge in [0.15, 0.2) is 0 Å². The van der Waals surface area contributed by atoms with Gasteiger partial charge in [-0.3, -0.25) is 4.79 Å². The molecule has 3 N–H and O–H groups in total. The molecule has 3 nitrogen and oxygen atoms in total. The first-order valence-corrected chi connectivity index (χ1v) is 5.35. The standard InChI is InChI=1S/C10H14N2OS/c1-12-6-8-2-4-9(5-3-8)14-7-10(11)13/h2-5,12H,6-7H2,1H3,(H2,11,13). The van der Waals surface area contributed by atoms with Gasteiger partial charge in [0.2, 0.25) is 5.91 Å². The van der Waals surface area contributed by atoms with E-state index in [1.54, 1.807) is 0 Å². The van der Waals surface area contributed by atoms with E-state index >= 15 is 0 Å². The Morgan fingerprint density at radius 1 is 1.43 bits per heavy atom. The molecule has 1 amide bonds. The van der Waals surface area contributed by atoms with Crippen LogP contribution in [-0.2, 0) is 11.3 Å². The van der Waals surface area contributed by atoms with Gasteiger partial charge < -0.3 is 11.1 Å². The van der Waals surface area contributed by atoms with Crippen molar-refractivity contribution < 1.29 is 4.79 Å². The number of hydrogen-bond acceptors (Lipinski definition) is 3. The predicted molar refractivity (Wildman–Crippen MR) is 59.1 cm³/mol. The zero-order chi connectivity index (χ0) is 10.4. The Balaban J connectivity index is 2.50. The first kappa shape index (κ1) is 11.1. The van der Waals surface area contributed by atoms with Gasteiger partial charge in [0, 0.05) is 11.4 Å². The number of nitrogens with two attached hydrogens (primary N) is 1. The summed E-state index contributed by atoms with van der Waals surface area (Å²) < 4.78 is 0. The Labute approximate surface area is 88.1 Å². The second-order valence-corrected chi connectivity index (χ2v) is 3.98. The Bertz CT molecular complexity index is 297. The normalized spacial score (nSPS) is 10.1. The second kappa shape index (κ2) is 5.67. The van der Waals surface area contributed by atoms with E-state index in [1.807, 2.05) is 31.3 Å². The molecule has 0 aliphatic heterocycles. The van der Waals surface area contributed by atoms with Crippen LogP contribution in [0.25, 0.3) is 0 Å². The fraction of sp³-hybridized carbons (Fsp3) is 0.300. The molecule has 0 aliphatic carbocycles. The molecule has 14 heavy (non-hydrogen) atoms. The Hall–Kier alpha value is -1.00. The highest BCUT2D eigenvalue weighted by atomic mass is 32.2. The summed E-state index contributed by atoms with van der Waals surface area (Å²) in [7, 11) is 1.91. The van der Waals surface area contributed by atoms with Gasteiger partial charge in [-0.2, -0.15) is 0 Å². The fourth-order valence-electron chi connectivity index (χ4n) is 1.06. The summed E-state index contributed by atoms with van der Waals surface area (Å²) in [4.78, 5) is 11.6. The number of rotatable bonds is 5. The minimum Gasteiger partial charge on any atom is -0.369 e. The maximum atomic E-state index is 10.5. The number of hydrogen-bond donors (Lipinski definition) is 2. The van der Waals surface area contributed by atoms with Gasteiger partial charge in [-0.05, 0) is 24.7 Å². The molecule has 1 aromatic carbocycles. The van der Waals surface area contributed by atoms with Gasteiger partial charge in [-0.25, -0.2) is 0 Å². The van der Waals surface area contributed by atoms with E-state index in [-0.39, 0.29) is 5.91 Å². The average Bonchev–Trinajstić information content (AvgIpc) is 2.17. The molecule has 0 radical (unpaired) electrons. The number of thioether (sulfide) groups is 1. The van der Waals surface area contributed by atoms with Crippen LogP contribution in [0.5, 0.6) is 0 Å². The molecule has 0 saturated carbocycles. The third-order valence-corrected chi connectivity index (χ3v) is 2.72. The first-order chi connectivity index (χ1) is 6.72. The number of carbonyl (C=O) groups excluding carboxylic acids is 1. The van der Waals surface area contributed by atoms with Crippen LogP contribution in [-0.4, -0.2) is 18.7 Å². The fourth-order valence-corrected chi connectivity index (χ4v) is 1.70. The minimum atomic E-state index is -0.283. The predicted octanol–water partition coefficient (Wildman–Crippen LogP) is 0.983. The van der Waals surface area contributed by atoms with E-state index in [0.29, 0.717) is 5.75 Å². The number of benzene rings is 1. The van der Waals surface area contributed by atoms with Crippen LogP contribution < -0.4 is 11.1 Å². The number of nitrogens with one attached hydrogen (secondary N) is 1. The van der Waals surface area contributed by atoms with Crippen molar-refractivity contribution in [1.29, 1.82) is 0 Å². The molecular formula is C10H14N2OS. The van der Waals surface area contributed by atoms with Gasteiger partial charge in [0.25, 0.3) is 0 Å². The zero-order valence-corrected chi connectivity index (χ0v) is 8.93. The van der Waals surface area contributed by atoms with Gasteiger partial charge in [0.1, 0.15) is 0 Å². The molecule has 0 atom stereocenters. The van der Waals surface area contributed by atoms with E-state index in [0.717, 1.165) is 11.4 Å².